The van der Waals surface area contributed by atoms with Gasteiger partial charge >= 0.3 is 0 Å². The van der Waals surface area contributed by atoms with Gasteiger partial charge in [0.25, 0.3) is 0 Å². The molecule has 2 rings (SSSR count). The molecule has 0 saturated carbocycles. The summed E-state index contributed by atoms with van der Waals surface area (Å²) in [4.78, 5) is 12.6. The number of nitrogens with two attached hydrogens (primary N) is 1. The Morgan fingerprint density at radius 3 is 2.45 bits per heavy atom. The smallest absolute Gasteiger partial charge is 0.193 e. The number of aryl methyl sites for hydroxylation is 2. The van der Waals surface area contributed by atoms with Gasteiger partial charge in [-0.3, -0.25) is 4.79 Å². The van der Waals surface area contributed by atoms with Crippen LogP contribution in [0.25, 0.3) is 0 Å². The molecule has 0 radical (unpaired) electrons. The van der Waals surface area contributed by atoms with E-state index in [0.29, 0.717) is 22.6 Å². The molecule has 20 heavy (non-hydrogen) atoms. The number of hydrogen-bond donors (Lipinski definition) is 1. The molecule has 0 bridgehead atoms. The average molecular weight is 334 g/mol. The fraction of sp³-hybridized carbons (Fsp3) is 0.188. The summed E-state index contributed by atoms with van der Waals surface area (Å²) in [7, 11) is 1.55. The zero-order chi connectivity index (χ0) is 14.9. The molecule has 0 unspecified atom stereocenters. The van der Waals surface area contributed by atoms with Gasteiger partial charge in [0.1, 0.15) is 5.75 Å². The van der Waals surface area contributed by atoms with Gasteiger partial charge < -0.3 is 10.5 Å². The molecule has 2 N–H and O–H groups in total. The lowest BCUT2D eigenvalue weighted by Gasteiger charge is -2.10. The lowest BCUT2D eigenvalue weighted by atomic mass is 9.97. The van der Waals surface area contributed by atoms with Crippen LogP contribution in [0.3, 0.4) is 0 Å². The molecule has 0 heterocycles. The Balaban J connectivity index is 2.46. The summed E-state index contributed by atoms with van der Waals surface area (Å²) in [6.07, 6.45) is 0. The maximum Gasteiger partial charge on any atom is 0.193 e. The number of anilines is 1. The largest absolute Gasteiger partial charge is 0.495 e. The number of ether oxygens (including phenoxy) is 1. The van der Waals surface area contributed by atoms with Crippen LogP contribution < -0.4 is 10.5 Å². The first-order valence-corrected chi connectivity index (χ1v) is 6.98. The molecule has 0 fully saturated rings. The second kappa shape index (κ2) is 5.67. The summed E-state index contributed by atoms with van der Waals surface area (Å²) in [5, 5.41) is 0. The van der Waals surface area contributed by atoms with E-state index in [1.165, 1.54) is 0 Å². The van der Waals surface area contributed by atoms with Crippen LogP contribution in [0.4, 0.5) is 5.69 Å². The molecular formula is C16H16BrNO2. The molecule has 0 saturated heterocycles. The van der Waals surface area contributed by atoms with Gasteiger partial charge in [-0.1, -0.05) is 15.9 Å². The number of carbonyl (C=O) groups excluding carboxylic acids is 1. The van der Waals surface area contributed by atoms with Crippen molar-refractivity contribution in [2.24, 2.45) is 0 Å². The van der Waals surface area contributed by atoms with E-state index in [4.69, 9.17) is 10.5 Å². The minimum absolute atomic E-state index is 0.0348. The highest BCUT2D eigenvalue weighted by Crippen LogP contribution is 2.26. The third-order valence-electron chi connectivity index (χ3n) is 3.24. The van der Waals surface area contributed by atoms with Crippen LogP contribution >= 0.6 is 15.9 Å². The van der Waals surface area contributed by atoms with Crippen LogP contribution in [-0.2, 0) is 0 Å². The van der Waals surface area contributed by atoms with Crippen LogP contribution in [0.2, 0.25) is 0 Å². The zero-order valence-corrected chi connectivity index (χ0v) is 13.2. The van der Waals surface area contributed by atoms with Crippen molar-refractivity contribution in [1.82, 2.24) is 0 Å². The maximum absolute atomic E-state index is 12.6. The van der Waals surface area contributed by atoms with Crippen LogP contribution in [-0.4, -0.2) is 12.9 Å². The Hall–Kier alpha value is -1.81. The van der Waals surface area contributed by atoms with Crippen molar-refractivity contribution in [3.8, 4) is 5.75 Å². The van der Waals surface area contributed by atoms with Gasteiger partial charge in [-0.15, -0.1) is 0 Å². The number of carbonyl (C=O) groups is 1. The van der Waals surface area contributed by atoms with E-state index in [2.05, 4.69) is 15.9 Å². The summed E-state index contributed by atoms with van der Waals surface area (Å²) in [5.74, 6) is 0.540. The molecule has 2 aromatic carbocycles. The molecule has 104 valence electrons. The van der Waals surface area contributed by atoms with Gasteiger partial charge in [0.15, 0.2) is 5.78 Å². The number of methoxy groups -OCH3 is 1. The summed E-state index contributed by atoms with van der Waals surface area (Å²) in [6, 6.07) is 8.94. The van der Waals surface area contributed by atoms with Gasteiger partial charge in [0, 0.05) is 15.6 Å². The monoisotopic (exact) mass is 333 g/mol. The molecule has 0 spiro atoms. The fourth-order valence-corrected chi connectivity index (χ4v) is 2.51. The standard InChI is InChI=1S/C16H16BrNO2/c1-9-7-13(17)10(2)6-12(9)16(19)11-4-5-15(20-3)14(18)8-11/h4-8H,18H2,1-3H3. The fourth-order valence-electron chi connectivity index (χ4n) is 2.06. The van der Waals surface area contributed by atoms with Gasteiger partial charge in [-0.25, -0.2) is 0 Å². The van der Waals surface area contributed by atoms with E-state index in [1.807, 2.05) is 26.0 Å². The van der Waals surface area contributed by atoms with Crippen molar-refractivity contribution in [3.05, 3.63) is 57.1 Å². The average Bonchev–Trinajstić information content (AvgIpc) is 2.42. The molecule has 4 heteroatoms. The summed E-state index contributed by atoms with van der Waals surface area (Å²) in [6.45, 7) is 3.88. The Bertz CT molecular complexity index is 680. The minimum Gasteiger partial charge on any atom is -0.495 e. The van der Waals surface area contributed by atoms with E-state index in [9.17, 15) is 4.79 Å². The van der Waals surface area contributed by atoms with Crippen molar-refractivity contribution < 1.29 is 9.53 Å². The highest BCUT2D eigenvalue weighted by molar-refractivity contribution is 9.10. The van der Waals surface area contributed by atoms with Crippen LogP contribution in [0, 0.1) is 13.8 Å². The van der Waals surface area contributed by atoms with Crippen molar-refractivity contribution in [2.75, 3.05) is 12.8 Å². The number of benzene rings is 2. The Kier molecular flexibility index (Phi) is 4.14. The Morgan fingerprint density at radius 2 is 1.85 bits per heavy atom. The van der Waals surface area contributed by atoms with E-state index in [0.717, 1.165) is 15.6 Å². The zero-order valence-electron chi connectivity index (χ0n) is 11.7. The SMILES string of the molecule is COc1ccc(C(=O)c2cc(C)c(Br)cc2C)cc1N. The van der Waals surface area contributed by atoms with Gasteiger partial charge in [-0.2, -0.15) is 0 Å². The molecule has 0 aliphatic carbocycles. The number of ketones is 1. The lowest BCUT2D eigenvalue weighted by molar-refractivity contribution is 0.103. The van der Waals surface area contributed by atoms with E-state index in [-0.39, 0.29) is 5.78 Å². The summed E-state index contributed by atoms with van der Waals surface area (Å²) < 4.78 is 6.10. The summed E-state index contributed by atoms with van der Waals surface area (Å²) >= 11 is 3.47. The molecule has 0 atom stereocenters. The van der Waals surface area contributed by atoms with Crippen LogP contribution in [0.1, 0.15) is 27.0 Å². The topological polar surface area (TPSA) is 52.3 Å². The lowest BCUT2D eigenvalue weighted by Crippen LogP contribution is -2.06. The number of rotatable bonds is 3. The Labute approximate surface area is 126 Å². The van der Waals surface area contributed by atoms with Crippen LogP contribution in [0.15, 0.2) is 34.8 Å². The number of halogens is 1. The van der Waals surface area contributed by atoms with Crippen molar-refractivity contribution in [3.63, 3.8) is 0 Å². The van der Waals surface area contributed by atoms with Gasteiger partial charge in [-0.05, 0) is 55.3 Å². The number of nitrogen functional groups attached to an aromatic ring is 1. The molecule has 0 amide bonds. The van der Waals surface area contributed by atoms with Crippen molar-refractivity contribution in [2.45, 2.75) is 13.8 Å². The predicted octanol–water partition coefficient (Wildman–Crippen LogP) is 3.89. The molecule has 0 aliphatic heterocycles. The molecule has 0 aliphatic rings. The minimum atomic E-state index is -0.0348. The second-order valence-electron chi connectivity index (χ2n) is 4.70. The molecule has 0 aromatic heterocycles. The summed E-state index contributed by atoms with van der Waals surface area (Å²) in [5.41, 5.74) is 9.53. The number of hydrogen-bond acceptors (Lipinski definition) is 3. The highest BCUT2D eigenvalue weighted by atomic mass is 79.9. The molecule has 3 nitrogen and oxygen atoms in total. The maximum atomic E-state index is 12.6. The first-order valence-electron chi connectivity index (χ1n) is 6.19. The third-order valence-corrected chi connectivity index (χ3v) is 4.10. The normalized spacial score (nSPS) is 10.4. The van der Waals surface area contributed by atoms with Crippen LogP contribution in [0.5, 0.6) is 5.75 Å². The van der Waals surface area contributed by atoms with E-state index >= 15 is 0 Å². The molecular weight excluding hydrogens is 318 g/mol. The van der Waals surface area contributed by atoms with Crippen molar-refractivity contribution >= 4 is 27.4 Å². The predicted molar refractivity (Wildman–Crippen MR) is 84.5 cm³/mol. The van der Waals surface area contributed by atoms with Gasteiger partial charge in [0.2, 0.25) is 0 Å². The first-order chi connectivity index (χ1) is 9.43. The van der Waals surface area contributed by atoms with Gasteiger partial charge in [0.05, 0.1) is 12.8 Å². The highest BCUT2D eigenvalue weighted by Gasteiger charge is 2.14. The first kappa shape index (κ1) is 14.6. The van der Waals surface area contributed by atoms with Crippen molar-refractivity contribution in [1.29, 1.82) is 0 Å². The second-order valence-corrected chi connectivity index (χ2v) is 5.56. The Morgan fingerprint density at radius 1 is 1.15 bits per heavy atom. The quantitative estimate of drug-likeness (QED) is 0.684. The van der Waals surface area contributed by atoms with E-state index in [1.54, 1.807) is 25.3 Å². The van der Waals surface area contributed by atoms with E-state index < -0.39 is 0 Å². The molecule has 2 aromatic rings. The third kappa shape index (κ3) is 2.70.